The van der Waals surface area contributed by atoms with Gasteiger partial charge in [0.25, 0.3) is 0 Å². The minimum atomic E-state index is -0.494. The summed E-state index contributed by atoms with van der Waals surface area (Å²) in [5.74, 6) is 0.942. The molecule has 23 heavy (non-hydrogen) atoms. The van der Waals surface area contributed by atoms with Crippen molar-refractivity contribution in [2.24, 2.45) is 5.73 Å². The van der Waals surface area contributed by atoms with E-state index in [1.54, 1.807) is 0 Å². The lowest BCUT2D eigenvalue weighted by molar-refractivity contribution is 0.200. The fourth-order valence-electron chi connectivity index (χ4n) is 2.51. The molecule has 0 amide bonds. The summed E-state index contributed by atoms with van der Waals surface area (Å²) < 4.78 is 5.79. The van der Waals surface area contributed by atoms with E-state index in [1.165, 1.54) is 44.1 Å². The van der Waals surface area contributed by atoms with E-state index in [4.69, 9.17) is 10.5 Å². The summed E-state index contributed by atoms with van der Waals surface area (Å²) in [6, 6.07) is 8.24. The van der Waals surface area contributed by atoms with Gasteiger partial charge in [-0.2, -0.15) is 0 Å². The third-order valence-electron chi connectivity index (χ3n) is 4.29. The molecule has 0 aliphatic heterocycles. The molecule has 3 heteroatoms. The third kappa shape index (κ3) is 9.62. The van der Waals surface area contributed by atoms with Crippen LogP contribution in [0.5, 0.6) is 5.75 Å². The highest BCUT2D eigenvalue weighted by Crippen LogP contribution is 2.16. The Morgan fingerprint density at radius 2 is 1.61 bits per heavy atom. The standard InChI is InChI=1S/C20H35NO2/c1-3-4-5-6-7-8-9-16-23-19-12-10-18(11-13-19)14-15-20(2,21)17-22/h10-13,22H,3-9,14-17,21H2,1-2H3. The first-order valence-corrected chi connectivity index (χ1v) is 9.19. The molecule has 132 valence electrons. The van der Waals surface area contributed by atoms with Crippen molar-refractivity contribution in [3.8, 4) is 5.75 Å². The van der Waals surface area contributed by atoms with Gasteiger partial charge in [-0.1, -0.05) is 57.6 Å². The summed E-state index contributed by atoms with van der Waals surface area (Å²) in [4.78, 5) is 0. The van der Waals surface area contributed by atoms with E-state index >= 15 is 0 Å². The van der Waals surface area contributed by atoms with Crippen molar-refractivity contribution in [2.75, 3.05) is 13.2 Å². The van der Waals surface area contributed by atoms with Gasteiger partial charge in [0.2, 0.25) is 0 Å². The molecule has 0 aromatic heterocycles. The van der Waals surface area contributed by atoms with Crippen LogP contribution in [0.2, 0.25) is 0 Å². The number of ether oxygens (including phenoxy) is 1. The second-order valence-electron chi connectivity index (χ2n) is 6.93. The molecule has 0 saturated heterocycles. The molecule has 0 spiro atoms. The maximum absolute atomic E-state index is 9.17. The van der Waals surface area contributed by atoms with Crippen LogP contribution in [0.4, 0.5) is 0 Å². The first-order chi connectivity index (χ1) is 11.1. The van der Waals surface area contributed by atoms with Crippen LogP contribution in [0.25, 0.3) is 0 Å². The van der Waals surface area contributed by atoms with Gasteiger partial charge in [-0.15, -0.1) is 0 Å². The van der Waals surface area contributed by atoms with Crippen LogP contribution in [-0.2, 0) is 6.42 Å². The zero-order chi connectivity index (χ0) is 17.0. The Labute approximate surface area is 142 Å². The predicted molar refractivity (Wildman–Crippen MR) is 97.9 cm³/mol. The van der Waals surface area contributed by atoms with Gasteiger partial charge in [0.15, 0.2) is 0 Å². The van der Waals surface area contributed by atoms with Gasteiger partial charge in [-0.05, 0) is 43.9 Å². The number of nitrogens with two attached hydrogens (primary N) is 1. The van der Waals surface area contributed by atoms with Crippen molar-refractivity contribution in [1.82, 2.24) is 0 Å². The molecule has 3 nitrogen and oxygen atoms in total. The molecule has 0 aliphatic carbocycles. The van der Waals surface area contributed by atoms with Crippen molar-refractivity contribution < 1.29 is 9.84 Å². The van der Waals surface area contributed by atoms with Gasteiger partial charge < -0.3 is 15.6 Å². The van der Waals surface area contributed by atoms with Crippen molar-refractivity contribution in [3.63, 3.8) is 0 Å². The second kappa shape index (κ2) is 11.5. The van der Waals surface area contributed by atoms with E-state index in [-0.39, 0.29) is 6.61 Å². The zero-order valence-corrected chi connectivity index (χ0v) is 15.0. The van der Waals surface area contributed by atoms with Crippen molar-refractivity contribution >= 4 is 0 Å². The van der Waals surface area contributed by atoms with Gasteiger partial charge >= 0.3 is 0 Å². The van der Waals surface area contributed by atoms with E-state index < -0.39 is 5.54 Å². The van der Waals surface area contributed by atoms with E-state index in [0.717, 1.165) is 31.6 Å². The van der Waals surface area contributed by atoms with Gasteiger partial charge in [0, 0.05) is 5.54 Å². The molecule has 3 N–H and O–H groups in total. The first-order valence-electron chi connectivity index (χ1n) is 9.19. The Morgan fingerprint density at radius 3 is 2.22 bits per heavy atom. The summed E-state index contributed by atoms with van der Waals surface area (Å²) in [5, 5.41) is 9.17. The summed E-state index contributed by atoms with van der Waals surface area (Å²) in [7, 11) is 0. The fraction of sp³-hybridized carbons (Fsp3) is 0.700. The monoisotopic (exact) mass is 321 g/mol. The Morgan fingerprint density at radius 1 is 1.00 bits per heavy atom. The van der Waals surface area contributed by atoms with Crippen LogP contribution in [-0.4, -0.2) is 23.9 Å². The summed E-state index contributed by atoms with van der Waals surface area (Å²) in [5.41, 5.74) is 6.69. The molecule has 0 fully saturated rings. The smallest absolute Gasteiger partial charge is 0.119 e. The predicted octanol–water partition coefficient (Wildman–Crippen LogP) is 4.46. The molecule has 1 aromatic carbocycles. The molecule has 1 unspecified atom stereocenters. The number of aliphatic hydroxyl groups is 1. The Kier molecular flexibility index (Phi) is 9.97. The maximum Gasteiger partial charge on any atom is 0.119 e. The molecule has 0 aliphatic rings. The number of aliphatic hydroxyl groups excluding tert-OH is 1. The van der Waals surface area contributed by atoms with Crippen LogP contribution in [0.15, 0.2) is 24.3 Å². The van der Waals surface area contributed by atoms with Crippen molar-refractivity contribution in [2.45, 2.75) is 77.2 Å². The fourth-order valence-corrected chi connectivity index (χ4v) is 2.51. The number of aryl methyl sites for hydroxylation is 1. The molecule has 1 rings (SSSR count). The lowest BCUT2D eigenvalue weighted by atomic mass is 9.95. The van der Waals surface area contributed by atoms with Crippen LogP contribution in [0, 0.1) is 0 Å². The number of hydrogen-bond acceptors (Lipinski definition) is 3. The summed E-state index contributed by atoms with van der Waals surface area (Å²) >= 11 is 0. The molecular formula is C20H35NO2. The zero-order valence-electron chi connectivity index (χ0n) is 15.0. The summed E-state index contributed by atoms with van der Waals surface area (Å²) in [6.45, 7) is 4.96. The van der Waals surface area contributed by atoms with Gasteiger partial charge in [0.1, 0.15) is 5.75 Å². The van der Waals surface area contributed by atoms with Crippen LogP contribution >= 0.6 is 0 Å². The van der Waals surface area contributed by atoms with Crippen molar-refractivity contribution in [3.05, 3.63) is 29.8 Å². The quantitative estimate of drug-likeness (QED) is 0.527. The minimum absolute atomic E-state index is 0.0205. The van der Waals surface area contributed by atoms with Crippen LogP contribution in [0.3, 0.4) is 0 Å². The minimum Gasteiger partial charge on any atom is -0.494 e. The molecular weight excluding hydrogens is 286 g/mol. The highest BCUT2D eigenvalue weighted by molar-refractivity contribution is 5.27. The van der Waals surface area contributed by atoms with Gasteiger partial charge in [0.05, 0.1) is 13.2 Å². The van der Waals surface area contributed by atoms with E-state index in [0.29, 0.717) is 0 Å². The number of hydrogen-bond donors (Lipinski definition) is 2. The second-order valence-corrected chi connectivity index (χ2v) is 6.93. The SMILES string of the molecule is CCCCCCCCCOc1ccc(CCC(C)(N)CO)cc1. The topological polar surface area (TPSA) is 55.5 Å². The lowest BCUT2D eigenvalue weighted by Crippen LogP contribution is -2.40. The summed E-state index contributed by atoms with van der Waals surface area (Å²) in [6.07, 6.45) is 10.8. The highest BCUT2D eigenvalue weighted by atomic mass is 16.5. The van der Waals surface area contributed by atoms with E-state index in [9.17, 15) is 5.11 Å². The molecule has 0 heterocycles. The van der Waals surface area contributed by atoms with E-state index in [1.807, 2.05) is 19.1 Å². The first kappa shape index (κ1) is 20.0. The number of benzene rings is 1. The van der Waals surface area contributed by atoms with Gasteiger partial charge in [-0.25, -0.2) is 0 Å². The van der Waals surface area contributed by atoms with Crippen LogP contribution < -0.4 is 10.5 Å². The molecule has 0 bridgehead atoms. The average molecular weight is 322 g/mol. The van der Waals surface area contributed by atoms with Crippen LogP contribution in [0.1, 0.15) is 70.8 Å². The Balaban J connectivity index is 2.14. The molecule has 1 atom stereocenters. The Hall–Kier alpha value is -1.06. The Bertz CT molecular complexity index is 401. The number of rotatable bonds is 13. The third-order valence-corrected chi connectivity index (χ3v) is 4.29. The molecule has 1 aromatic rings. The largest absolute Gasteiger partial charge is 0.494 e. The van der Waals surface area contributed by atoms with Gasteiger partial charge in [-0.3, -0.25) is 0 Å². The maximum atomic E-state index is 9.17. The average Bonchev–Trinajstić information content (AvgIpc) is 2.56. The lowest BCUT2D eigenvalue weighted by Gasteiger charge is -2.21. The molecule has 0 saturated carbocycles. The highest BCUT2D eigenvalue weighted by Gasteiger charge is 2.16. The van der Waals surface area contributed by atoms with E-state index in [2.05, 4.69) is 19.1 Å². The van der Waals surface area contributed by atoms with Crippen molar-refractivity contribution in [1.29, 1.82) is 0 Å². The normalized spacial score (nSPS) is 13.7. The molecule has 0 radical (unpaired) electrons. The number of unbranched alkanes of at least 4 members (excludes halogenated alkanes) is 6.